The first-order valence-corrected chi connectivity index (χ1v) is 5.03. The van der Waals surface area contributed by atoms with Crippen molar-refractivity contribution in [3.8, 4) is 0 Å². The van der Waals surface area contributed by atoms with Crippen LogP contribution in [0.5, 0.6) is 0 Å². The summed E-state index contributed by atoms with van der Waals surface area (Å²) < 4.78 is 2.09. The monoisotopic (exact) mass is 208 g/mol. The Labute approximate surface area is 88.3 Å². The number of fused-ring (bicyclic) bond motifs is 1. The van der Waals surface area contributed by atoms with Gasteiger partial charge in [0.2, 0.25) is 0 Å². The highest BCUT2D eigenvalue weighted by Gasteiger charge is 2.04. The summed E-state index contributed by atoms with van der Waals surface area (Å²) >= 11 is 6.13. The van der Waals surface area contributed by atoms with E-state index in [2.05, 4.69) is 16.7 Å². The number of nitrogens with two attached hydrogens (primary N) is 1. The average molecular weight is 209 g/mol. The minimum absolute atomic E-state index is 0.635. The van der Waals surface area contributed by atoms with Gasteiger partial charge in [-0.15, -0.1) is 0 Å². The minimum atomic E-state index is 0.635. The average Bonchev–Trinajstić information content (AvgIpc) is 2.49. The Morgan fingerprint density at radius 2 is 2.21 bits per heavy atom. The lowest BCUT2D eigenvalue weighted by Gasteiger charge is -2.04. The topological polar surface area (TPSA) is 30.9 Å². The summed E-state index contributed by atoms with van der Waals surface area (Å²) in [6.45, 7) is 0.635. The van der Waals surface area contributed by atoms with Crippen LogP contribution in [0.15, 0.2) is 24.4 Å². The van der Waals surface area contributed by atoms with Gasteiger partial charge in [-0.2, -0.15) is 0 Å². The predicted octanol–water partition coefficient (Wildman–Crippen LogP) is 2.33. The second kappa shape index (κ2) is 3.64. The van der Waals surface area contributed by atoms with Crippen molar-refractivity contribution in [1.82, 2.24) is 4.57 Å². The van der Waals surface area contributed by atoms with E-state index in [-0.39, 0.29) is 0 Å². The van der Waals surface area contributed by atoms with Crippen molar-refractivity contribution in [2.24, 2.45) is 12.8 Å². The standard InChI is InChI=1S/C11H13ClN2/c1-14-5-3-9-6-10(12)8(2-4-13)7-11(9)14/h3,5-7H,2,4,13H2,1H3. The van der Waals surface area contributed by atoms with Crippen LogP contribution in [-0.4, -0.2) is 11.1 Å². The van der Waals surface area contributed by atoms with Crippen LogP contribution in [0.4, 0.5) is 0 Å². The lowest BCUT2D eigenvalue weighted by molar-refractivity contribution is 0.952. The molecule has 1 heterocycles. The molecule has 1 aromatic carbocycles. The van der Waals surface area contributed by atoms with Gasteiger partial charge in [-0.05, 0) is 36.7 Å². The summed E-state index contributed by atoms with van der Waals surface area (Å²) in [5.74, 6) is 0. The molecule has 3 heteroatoms. The Hall–Kier alpha value is -0.990. The van der Waals surface area contributed by atoms with Gasteiger partial charge in [-0.1, -0.05) is 11.6 Å². The minimum Gasteiger partial charge on any atom is -0.351 e. The SMILES string of the molecule is Cn1ccc2cc(Cl)c(CCN)cc21. The van der Waals surface area contributed by atoms with E-state index < -0.39 is 0 Å². The van der Waals surface area contributed by atoms with Crippen molar-refractivity contribution >= 4 is 22.5 Å². The zero-order valence-corrected chi connectivity index (χ0v) is 8.88. The Morgan fingerprint density at radius 3 is 2.93 bits per heavy atom. The van der Waals surface area contributed by atoms with Gasteiger partial charge in [0, 0.05) is 29.2 Å². The van der Waals surface area contributed by atoms with Crippen LogP contribution in [0.3, 0.4) is 0 Å². The molecule has 0 aliphatic carbocycles. The number of nitrogens with zero attached hydrogens (tertiary/aromatic N) is 1. The molecule has 0 atom stereocenters. The van der Waals surface area contributed by atoms with Gasteiger partial charge in [0.15, 0.2) is 0 Å². The first-order chi connectivity index (χ1) is 6.72. The molecule has 74 valence electrons. The first kappa shape index (κ1) is 9.56. The summed E-state index contributed by atoms with van der Waals surface area (Å²) in [7, 11) is 2.03. The molecule has 2 rings (SSSR count). The third-order valence-corrected chi connectivity index (χ3v) is 2.82. The van der Waals surface area contributed by atoms with Gasteiger partial charge in [0.25, 0.3) is 0 Å². The zero-order valence-electron chi connectivity index (χ0n) is 8.13. The number of hydrogen-bond donors (Lipinski definition) is 1. The molecule has 2 N–H and O–H groups in total. The molecule has 2 nitrogen and oxygen atoms in total. The molecule has 1 aromatic heterocycles. The largest absolute Gasteiger partial charge is 0.351 e. The van der Waals surface area contributed by atoms with E-state index in [4.69, 9.17) is 17.3 Å². The number of benzene rings is 1. The predicted molar refractivity (Wildman–Crippen MR) is 60.7 cm³/mol. The van der Waals surface area contributed by atoms with Crippen molar-refractivity contribution in [3.05, 3.63) is 35.0 Å². The van der Waals surface area contributed by atoms with Crippen LogP contribution in [0.25, 0.3) is 10.9 Å². The Morgan fingerprint density at radius 1 is 1.43 bits per heavy atom. The van der Waals surface area contributed by atoms with Gasteiger partial charge in [-0.25, -0.2) is 0 Å². The Balaban J connectivity index is 2.61. The molecule has 0 fully saturated rings. The number of rotatable bonds is 2. The molecular formula is C11H13ClN2. The van der Waals surface area contributed by atoms with Crippen LogP contribution in [-0.2, 0) is 13.5 Å². The third-order valence-electron chi connectivity index (χ3n) is 2.47. The van der Waals surface area contributed by atoms with Crippen molar-refractivity contribution in [2.75, 3.05) is 6.54 Å². The van der Waals surface area contributed by atoms with Crippen molar-refractivity contribution in [1.29, 1.82) is 0 Å². The molecule has 2 aromatic rings. The maximum atomic E-state index is 6.13. The molecule has 0 saturated carbocycles. The molecule has 0 amide bonds. The molecule has 0 unspecified atom stereocenters. The van der Waals surface area contributed by atoms with Crippen LogP contribution >= 0.6 is 11.6 Å². The van der Waals surface area contributed by atoms with Crippen molar-refractivity contribution in [2.45, 2.75) is 6.42 Å². The molecule has 0 aliphatic rings. The normalized spacial score (nSPS) is 11.1. The van der Waals surface area contributed by atoms with E-state index in [0.717, 1.165) is 17.0 Å². The quantitative estimate of drug-likeness (QED) is 0.807. The second-order valence-electron chi connectivity index (χ2n) is 3.47. The van der Waals surface area contributed by atoms with Gasteiger partial charge >= 0.3 is 0 Å². The smallest absolute Gasteiger partial charge is 0.0481 e. The molecule has 0 spiro atoms. The highest BCUT2D eigenvalue weighted by atomic mass is 35.5. The van der Waals surface area contributed by atoms with Gasteiger partial charge in [0.1, 0.15) is 0 Å². The van der Waals surface area contributed by atoms with Crippen LogP contribution in [0.1, 0.15) is 5.56 Å². The summed E-state index contributed by atoms with van der Waals surface area (Å²) in [4.78, 5) is 0. The zero-order chi connectivity index (χ0) is 10.1. The van der Waals surface area contributed by atoms with Gasteiger partial charge < -0.3 is 10.3 Å². The van der Waals surface area contributed by atoms with Crippen molar-refractivity contribution < 1.29 is 0 Å². The maximum absolute atomic E-state index is 6.13. The van der Waals surface area contributed by atoms with Crippen molar-refractivity contribution in [3.63, 3.8) is 0 Å². The molecule has 0 radical (unpaired) electrons. The molecule has 14 heavy (non-hydrogen) atoms. The van der Waals surface area contributed by atoms with E-state index in [0.29, 0.717) is 6.54 Å². The number of aromatic nitrogens is 1. The Bertz CT molecular complexity index is 460. The summed E-state index contributed by atoms with van der Waals surface area (Å²) in [6.07, 6.45) is 2.87. The van der Waals surface area contributed by atoms with E-state index in [1.165, 1.54) is 10.9 Å². The molecular weight excluding hydrogens is 196 g/mol. The number of aryl methyl sites for hydroxylation is 1. The maximum Gasteiger partial charge on any atom is 0.0481 e. The lowest BCUT2D eigenvalue weighted by Crippen LogP contribution is -2.03. The fourth-order valence-corrected chi connectivity index (χ4v) is 1.95. The summed E-state index contributed by atoms with van der Waals surface area (Å²) in [6, 6.07) is 6.18. The fraction of sp³-hybridized carbons (Fsp3) is 0.273. The molecule has 0 saturated heterocycles. The molecule has 0 aliphatic heterocycles. The number of halogens is 1. The van der Waals surface area contributed by atoms with E-state index in [9.17, 15) is 0 Å². The summed E-state index contributed by atoms with van der Waals surface area (Å²) in [5.41, 5.74) is 7.86. The molecule has 0 bridgehead atoms. The highest BCUT2D eigenvalue weighted by Crippen LogP contribution is 2.24. The second-order valence-corrected chi connectivity index (χ2v) is 3.87. The summed E-state index contributed by atoms with van der Waals surface area (Å²) in [5, 5.41) is 1.99. The van der Waals surface area contributed by atoms with Gasteiger partial charge in [0.05, 0.1) is 0 Å². The number of hydrogen-bond acceptors (Lipinski definition) is 1. The highest BCUT2D eigenvalue weighted by molar-refractivity contribution is 6.32. The third kappa shape index (κ3) is 1.51. The lowest BCUT2D eigenvalue weighted by atomic mass is 10.1. The van der Waals surface area contributed by atoms with Crippen LogP contribution in [0.2, 0.25) is 5.02 Å². The van der Waals surface area contributed by atoms with Gasteiger partial charge in [-0.3, -0.25) is 0 Å². The van der Waals surface area contributed by atoms with E-state index in [1.807, 2.05) is 19.3 Å². The van der Waals surface area contributed by atoms with E-state index in [1.54, 1.807) is 0 Å². The Kier molecular flexibility index (Phi) is 2.48. The fourth-order valence-electron chi connectivity index (χ4n) is 1.68. The first-order valence-electron chi connectivity index (χ1n) is 4.66. The van der Waals surface area contributed by atoms with Crippen LogP contribution < -0.4 is 5.73 Å². The van der Waals surface area contributed by atoms with E-state index >= 15 is 0 Å². The van der Waals surface area contributed by atoms with Crippen LogP contribution in [0, 0.1) is 0 Å².